The van der Waals surface area contributed by atoms with E-state index in [2.05, 4.69) is 15.4 Å². The molecule has 1 aromatic heterocycles. The van der Waals surface area contributed by atoms with Crippen LogP contribution < -0.4 is 5.32 Å². The van der Waals surface area contributed by atoms with Crippen LogP contribution in [-0.4, -0.2) is 36.7 Å². The lowest BCUT2D eigenvalue weighted by atomic mass is 10.1. The Morgan fingerprint density at radius 2 is 2.44 bits per heavy atom. The lowest BCUT2D eigenvalue weighted by Crippen LogP contribution is -2.24. The first kappa shape index (κ1) is 13.5. The third-order valence-corrected chi connectivity index (χ3v) is 2.92. The van der Waals surface area contributed by atoms with Crippen molar-refractivity contribution >= 4 is 12.4 Å². The molecule has 2 heterocycles. The van der Waals surface area contributed by atoms with Crippen molar-refractivity contribution in [1.29, 1.82) is 0 Å². The summed E-state index contributed by atoms with van der Waals surface area (Å²) in [5.41, 5.74) is 0.968. The number of aromatic nitrogens is 1. The summed E-state index contributed by atoms with van der Waals surface area (Å²) < 4.78 is 5.21. The fraction of sp³-hybridized carbons (Fsp3) is 0.727. The van der Waals surface area contributed by atoms with Crippen molar-refractivity contribution in [2.75, 3.05) is 26.7 Å². The van der Waals surface area contributed by atoms with Gasteiger partial charge in [-0.2, -0.15) is 0 Å². The number of rotatable bonds is 4. The minimum Gasteiger partial charge on any atom is -0.360 e. The van der Waals surface area contributed by atoms with Crippen LogP contribution >= 0.6 is 12.4 Å². The van der Waals surface area contributed by atoms with Crippen LogP contribution in [-0.2, 0) is 6.54 Å². The molecule has 0 bridgehead atoms. The summed E-state index contributed by atoms with van der Waals surface area (Å²) in [5.74, 6) is 1.77. The Bertz CT molecular complexity index is 316. The van der Waals surface area contributed by atoms with Crippen LogP contribution in [0.4, 0.5) is 0 Å². The van der Waals surface area contributed by atoms with Gasteiger partial charge in [0.2, 0.25) is 0 Å². The van der Waals surface area contributed by atoms with E-state index in [-0.39, 0.29) is 12.4 Å². The second kappa shape index (κ2) is 6.23. The number of hydrogen-bond donors (Lipinski definition) is 1. The second-order valence-corrected chi connectivity index (χ2v) is 4.38. The molecule has 0 saturated carbocycles. The third-order valence-electron chi connectivity index (χ3n) is 2.92. The molecule has 4 nitrogen and oxygen atoms in total. The molecule has 1 saturated heterocycles. The Labute approximate surface area is 103 Å². The Morgan fingerprint density at radius 3 is 3.06 bits per heavy atom. The van der Waals surface area contributed by atoms with E-state index >= 15 is 0 Å². The SMILES string of the molecule is CNCC1CCN(Cc2cc(C)no2)C1.Cl. The van der Waals surface area contributed by atoms with Gasteiger partial charge in [-0.05, 0) is 39.4 Å². The molecule has 0 aromatic carbocycles. The number of halogens is 1. The van der Waals surface area contributed by atoms with E-state index in [4.69, 9.17) is 4.52 Å². The summed E-state index contributed by atoms with van der Waals surface area (Å²) >= 11 is 0. The molecule has 16 heavy (non-hydrogen) atoms. The summed E-state index contributed by atoms with van der Waals surface area (Å²) in [7, 11) is 2.02. The maximum Gasteiger partial charge on any atom is 0.150 e. The van der Waals surface area contributed by atoms with Gasteiger partial charge in [0.25, 0.3) is 0 Å². The molecular weight excluding hydrogens is 226 g/mol. The van der Waals surface area contributed by atoms with Crippen LogP contribution in [0, 0.1) is 12.8 Å². The van der Waals surface area contributed by atoms with Crippen molar-refractivity contribution in [2.24, 2.45) is 5.92 Å². The number of hydrogen-bond acceptors (Lipinski definition) is 4. The zero-order chi connectivity index (χ0) is 10.7. The molecule has 1 aromatic rings. The van der Waals surface area contributed by atoms with E-state index in [0.717, 1.165) is 30.5 Å². The molecule has 1 unspecified atom stereocenters. The average molecular weight is 246 g/mol. The monoisotopic (exact) mass is 245 g/mol. The van der Waals surface area contributed by atoms with Crippen LogP contribution in [0.1, 0.15) is 17.9 Å². The van der Waals surface area contributed by atoms with Crippen molar-refractivity contribution in [3.05, 3.63) is 17.5 Å². The fourth-order valence-corrected chi connectivity index (χ4v) is 2.22. The Hall–Kier alpha value is -0.580. The molecule has 0 radical (unpaired) electrons. The quantitative estimate of drug-likeness (QED) is 0.872. The zero-order valence-corrected chi connectivity index (χ0v) is 10.7. The maximum atomic E-state index is 5.21. The topological polar surface area (TPSA) is 41.3 Å². The first-order valence-corrected chi connectivity index (χ1v) is 5.57. The number of nitrogens with zero attached hydrogens (tertiary/aromatic N) is 2. The molecule has 5 heteroatoms. The molecule has 1 aliphatic rings. The molecular formula is C11H20ClN3O. The van der Waals surface area contributed by atoms with Gasteiger partial charge in [0.05, 0.1) is 12.2 Å². The highest BCUT2D eigenvalue weighted by atomic mass is 35.5. The highest BCUT2D eigenvalue weighted by Crippen LogP contribution is 2.18. The highest BCUT2D eigenvalue weighted by Gasteiger charge is 2.22. The van der Waals surface area contributed by atoms with Crippen LogP contribution in [0.25, 0.3) is 0 Å². The van der Waals surface area contributed by atoms with E-state index in [0.29, 0.717) is 0 Å². The first-order chi connectivity index (χ1) is 7.28. The molecule has 1 N–H and O–H groups in total. The third kappa shape index (κ3) is 3.47. The van der Waals surface area contributed by atoms with Gasteiger partial charge in [-0.25, -0.2) is 0 Å². The van der Waals surface area contributed by atoms with Crippen molar-refractivity contribution in [3.8, 4) is 0 Å². The second-order valence-electron chi connectivity index (χ2n) is 4.38. The highest BCUT2D eigenvalue weighted by molar-refractivity contribution is 5.85. The molecule has 0 aliphatic carbocycles. The summed E-state index contributed by atoms with van der Waals surface area (Å²) in [6.07, 6.45) is 1.29. The lowest BCUT2D eigenvalue weighted by Gasteiger charge is -2.13. The average Bonchev–Trinajstić information content (AvgIpc) is 2.78. The number of likely N-dealkylation sites (tertiary alicyclic amines) is 1. The first-order valence-electron chi connectivity index (χ1n) is 5.57. The molecule has 0 spiro atoms. The van der Waals surface area contributed by atoms with Gasteiger partial charge in [0, 0.05) is 12.6 Å². The molecule has 1 fully saturated rings. The van der Waals surface area contributed by atoms with E-state index < -0.39 is 0 Å². The van der Waals surface area contributed by atoms with E-state index in [9.17, 15) is 0 Å². The predicted octanol–water partition coefficient (Wildman–Crippen LogP) is 1.45. The molecule has 0 amide bonds. The van der Waals surface area contributed by atoms with Crippen LogP contribution in [0.5, 0.6) is 0 Å². The van der Waals surface area contributed by atoms with Gasteiger partial charge in [0.1, 0.15) is 0 Å². The fourth-order valence-electron chi connectivity index (χ4n) is 2.22. The summed E-state index contributed by atoms with van der Waals surface area (Å²) in [6.45, 7) is 6.32. The Morgan fingerprint density at radius 1 is 1.62 bits per heavy atom. The van der Waals surface area contributed by atoms with Crippen LogP contribution in [0.2, 0.25) is 0 Å². The van der Waals surface area contributed by atoms with Gasteiger partial charge >= 0.3 is 0 Å². The van der Waals surface area contributed by atoms with Gasteiger partial charge in [-0.1, -0.05) is 5.16 Å². The summed E-state index contributed by atoms with van der Waals surface area (Å²) in [5, 5.41) is 7.14. The standard InChI is InChI=1S/C11H19N3O.ClH/c1-9-5-11(15-13-9)8-14-4-3-10(7-14)6-12-2;/h5,10,12H,3-4,6-8H2,1-2H3;1H. The minimum absolute atomic E-state index is 0. The van der Waals surface area contributed by atoms with Gasteiger partial charge < -0.3 is 9.84 Å². The van der Waals surface area contributed by atoms with E-state index in [1.807, 2.05) is 20.0 Å². The predicted molar refractivity (Wildman–Crippen MR) is 65.8 cm³/mol. The van der Waals surface area contributed by atoms with Crippen LogP contribution in [0.3, 0.4) is 0 Å². The van der Waals surface area contributed by atoms with Gasteiger partial charge in [-0.15, -0.1) is 12.4 Å². The van der Waals surface area contributed by atoms with Crippen molar-refractivity contribution in [2.45, 2.75) is 19.9 Å². The van der Waals surface area contributed by atoms with Gasteiger partial charge in [0.15, 0.2) is 5.76 Å². The normalized spacial score (nSPS) is 21.0. The molecule has 2 rings (SSSR count). The van der Waals surface area contributed by atoms with Crippen molar-refractivity contribution < 1.29 is 4.52 Å². The zero-order valence-electron chi connectivity index (χ0n) is 9.90. The lowest BCUT2D eigenvalue weighted by molar-refractivity contribution is 0.265. The molecule has 92 valence electrons. The van der Waals surface area contributed by atoms with Crippen molar-refractivity contribution in [1.82, 2.24) is 15.4 Å². The number of nitrogens with one attached hydrogen (secondary N) is 1. The number of aryl methyl sites for hydroxylation is 1. The summed E-state index contributed by atoms with van der Waals surface area (Å²) in [6, 6.07) is 2.02. The van der Waals surface area contributed by atoms with Gasteiger partial charge in [-0.3, -0.25) is 4.90 Å². The molecule has 1 aliphatic heterocycles. The Balaban J connectivity index is 0.00000128. The molecule has 1 atom stereocenters. The maximum absolute atomic E-state index is 5.21. The smallest absolute Gasteiger partial charge is 0.150 e. The van der Waals surface area contributed by atoms with Crippen molar-refractivity contribution in [3.63, 3.8) is 0 Å². The van der Waals surface area contributed by atoms with Crippen LogP contribution in [0.15, 0.2) is 10.6 Å². The minimum atomic E-state index is 0. The van der Waals surface area contributed by atoms with E-state index in [1.165, 1.54) is 19.5 Å². The summed E-state index contributed by atoms with van der Waals surface area (Å²) in [4.78, 5) is 2.43. The largest absolute Gasteiger partial charge is 0.360 e. The Kier molecular flexibility index (Phi) is 5.25. The van der Waals surface area contributed by atoms with E-state index in [1.54, 1.807) is 0 Å².